The summed E-state index contributed by atoms with van der Waals surface area (Å²) in [5.74, 6) is 0.352. The fourth-order valence-electron chi connectivity index (χ4n) is 1.65. The third-order valence-electron chi connectivity index (χ3n) is 2.76. The zero-order chi connectivity index (χ0) is 13.0. The molecule has 2 aromatic carbocycles. The molecule has 0 bridgehead atoms. The number of halogens is 1. The van der Waals surface area contributed by atoms with Gasteiger partial charge in [0, 0.05) is 17.1 Å². The highest BCUT2D eigenvalue weighted by atomic mass is 35.5. The van der Waals surface area contributed by atoms with Crippen LogP contribution in [0.15, 0.2) is 48.5 Å². The number of rotatable bonds is 3. The maximum atomic E-state index is 12.0. The highest BCUT2D eigenvalue weighted by Crippen LogP contribution is 2.15. The lowest BCUT2D eigenvalue weighted by atomic mass is 10.1. The molecule has 3 heteroatoms. The number of hydrogen-bond acceptors (Lipinski definition) is 1. The normalized spacial score (nSPS) is 10.1. The van der Waals surface area contributed by atoms with Gasteiger partial charge in [0.25, 0.3) is 5.91 Å². The van der Waals surface area contributed by atoms with Crippen molar-refractivity contribution in [3.05, 3.63) is 65.2 Å². The second-order valence-electron chi connectivity index (χ2n) is 4.10. The predicted molar refractivity (Wildman–Crippen MR) is 75.1 cm³/mol. The molecule has 18 heavy (non-hydrogen) atoms. The van der Waals surface area contributed by atoms with E-state index in [9.17, 15) is 4.79 Å². The first-order valence-corrected chi connectivity index (χ1v) is 6.26. The molecular weight excluding hydrogens is 246 g/mol. The van der Waals surface area contributed by atoms with Crippen molar-refractivity contribution in [1.29, 1.82) is 0 Å². The van der Waals surface area contributed by atoms with Crippen molar-refractivity contribution < 1.29 is 4.79 Å². The summed E-state index contributed by atoms with van der Waals surface area (Å²) in [6, 6.07) is 15.0. The Balaban J connectivity index is 2.14. The summed E-state index contributed by atoms with van der Waals surface area (Å²) < 4.78 is 0. The molecule has 0 aliphatic carbocycles. The quantitative estimate of drug-likeness (QED) is 0.830. The lowest BCUT2D eigenvalue weighted by molar-refractivity contribution is 0.102. The smallest absolute Gasteiger partial charge is 0.255 e. The summed E-state index contributed by atoms with van der Waals surface area (Å²) in [6.07, 6.45) is 0. The summed E-state index contributed by atoms with van der Waals surface area (Å²) in [7, 11) is 0. The van der Waals surface area contributed by atoms with Gasteiger partial charge in [0.15, 0.2) is 0 Å². The molecule has 2 aromatic rings. The van der Waals surface area contributed by atoms with Crippen molar-refractivity contribution >= 4 is 23.2 Å². The van der Waals surface area contributed by atoms with Gasteiger partial charge in [-0.1, -0.05) is 30.3 Å². The molecule has 0 fully saturated rings. The monoisotopic (exact) mass is 259 g/mol. The van der Waals surface area contributed by atoms with Crippen LogP contribution in [0.5, 0.6) is 0 Å². The summed E-state index contributed by atoms with van der Waals surface area (Å²) in [4.78, 5) is 12.0. The topological polar surface area (TPSA) is 29.1 Å². The maximum absolute atomic E-state index is 12.0. The van der Waals surface area contributed by atoms with Crippen molar-refractivity contribution in [3.8, 4) is 0 Å². The van der Waals surface area contributed by atoms with E-state index in [0.717, 1.165) is 16.8 Å². The lowest BCUT2D eigenvalue weighted by Crippen LogP contribution is -2.12. The van der Waals surface area contributed by atoms with E-state index in [1.807, 2.05) is 43.3 Å². The Morgan fingerprint density at radius 1 is 1.11 bits per heavy atom. The van der Waals surface area contributed by atoms with Crippen LogP contribution in [0, 0.1) is 6.92 Å². The molecule has 0 heterocycles. The van der Waals surface area contributed by atoms with Gasteiger partial charge in [0.1, 0.15) is 0 Å². The number of carbonyl (C=O) groups excluding carboxylic acids is 1. The van der Waals surface area contributed by atoms with Gasteiger partial charge >= 0.3 is 0 Å². The molecule has 0 aliphatic heterocycles. The minimum atomic E-state index is -0.106. The van der Waals surface area contributed by atoms with Crippen molar-refractivity contribution in [3.63, 3.8) is 0 Å². The molecule has 92 valence electrons. The number of benzene rings is 2. The van der Waals surface area contributed by atoms with Crippen LogP contribution in [0.1, 0.15) is 21.5 Å². The zero-order valence-electron chi connectivity index (χ0n) is 10.1. The maximum Gasteiger partial charge on any atom is 0.255 e. The Morgan fingerprint density at radius 2 is 1.78 bits per heavy atom. The largest absolute Gasteiger partial charge is 0.322 e. The number of amides is 1. The summed E-state index contributed by atoms with van der Waals surface area (Å²) in [5.41, 5.74) is 3.52. The third kappa shape index (κ3) is 2.90. The van der Waals surface area contributed by atoms with Crippen LogP contribution in [0.25, 0.3) is 0 Å². The van der Waals surface area contributed by atoms with E-state index >= 15 is 0 Å². The fourth-order valence-corrected chi connectivity index (χ4v) is 1.83. The van der Waals surface area contributed by atoms with Crippen LogP contribution in [0.2, 0.25) is 0 Å². The number of nitrogens with one attached hydrogen (secondary N) is 1. The minimum absolute atomic E-state index is 0.106. The first-order valence-electron chi connectivity index (χ1n) is 5.72. The SMILES string of the molecule is Cc1ccccc1NC(=O)c1ccc(CCl)cc1. The fraction of sp³-hybridized carbons (Fsp3) is 0.133. The first kappa shape index (κ1) is 12.7. The zero-order valence-corrected chi connectivity index (χ0v) is 10.9. The summed E-state index contributed by atoms with van der Waals surface area (Å²) in [5, 5.41) is 2.89. The molecule has 2 nitrogen and oxygen atoms in total. The molecule has 1 amide bonds. The summed E-state index contributed by atoms with van der Waals surface area (Å²) in [6.45, 7) is 1.96. The average Bonchev–Trinajstić information content (AvgIpc) is 2.41. The van der Waals surface area contributed by atoms with Gasteiger partial charge < -0.3 is 5.32 Å². The van der Waals surface area contributed by atoms with E-state index in [1.54, 1.807) is 12.1 Å². The molecule has 0 saturated carbocycles. The van der Waals surface area contributed by atoms with Crippen LogP contribution in [-0.4, -0.2) is 5.91 Å². The highest BCUT2D eigenvalue weighted by molar-refractivity contribution is 6.17. The molecule has 2 rings (SSSR count). The third-order valence-corrected chi connectivity index (χ3v) is 3.07. The van der Waals surface area contributed by atoms with Crippen LogP contribution < -0.4 is 5.32 Å². The molecule has 0 unspecified atom stereocenters. The van der Waals surface area contributed by atoms with E-state index in [2.05, 4.69) is 5.32 Å². The molecule has 0 aliphatic rings. The first-order chi connectivity index (χ1) is 8.70. The van der Waals surface area contributed by atoms with Crippen molar-refractivity contribution in [1.82, 2.24) is 0 Å². The Kier molecular flexibility index (Phi) is 4.00. The van der Waals surface area contributed by atoms with Gasteiger partial charge in [-0.05, 0) is 36.2 Å². The van der Waals surface area contributed by atoms with Gasteiger partial charge in [-0.3, -0.25) is 4.79 Å². The minimum Gasteiger partial charge on any atom is -0.322 e. The average molecular weight is 260 g/mol. The van der Waals surface area contributed by atoms with Gasteiger partial charge in [-0.2, -0.15) is 0 Å². The number of carbonyl (C=O) groups is 1. The molecule has 0 atom stereocenters. The van der Waals surface area contributed by atoms with E-state index < -0.39 is 0 Å². The Hall–Kier alpha value is -1.80. The van der Waals surface area contributed by atoms with Gasteiger partial charge in [-0.25, -0.2) is 0 Å². The number of aryl methyl sites for hydroxylation is 1. The number of alkyl halides is 1. The number of para-hydroxylation sites is 1. The predicted octanol–water partition coefficient (Wildman–Crippen LogP) is 3.99. The number of anilines is 1. The molecule has 0 radical (unpaired) electrons. The van der Waals surface area contributed by atoms with Crippen LogP contribution in [0.4, 0.5) is 5.69 Å². The Morgan fingerprint density at radius 3 is 2.39 bits per heavy atom. The Labute approximate surface area is 112 Å². The molecular formula is C15H14ClNO. The Bertz CT molecular complexity index is 549. The van der Waals surface area contributed by atoms with E-state index in [0.29, 0.717) is 11.4 Å². The highest BCUT2D eigenvalue weighted by Gasteiger charge is 2.06. The van der Waals surface area contributed by atoms with Crippen LogP contribution >= 0.6 is 11.6 Å². The van der Waals surface area contributed by atoms with Crippen LogP contribution in [-0.2, 0) is 5.88 Å². The molecule has 0 aromatic heterocycles. The van der Waals surface area contributed by atoms with E-state index in [4.69, 9.17) is 11.6 Å². The van der Waals surface area contributed by atoms with Crippen molar-refractivity contribution in [2.24, 2.45) is 0 Å². The van der Waals surface area contributed by atoms with Gasteiger partial charge in [-0.15, -0.1) is 11.6 Å². The van der Waals surface area contributed by atoms with Crippen LogP contribution in [0.3, 0.4) is 0 Å². The van der Waals surface area contributed by atoms with Gasteiger partial charge in [0.2, 0.25) is 0 Å². The summed E-state index contributed by atoms with van der Waals surface area (Å²) >= 11 is 5.71. The van der Waals surface area contributed by atoms with E-state index in [-0.39, 0.29) is 5.91 Å². The molecule has 0 saturated heterocycles. The van der Waals surface area contributed by atoms with Gasteiger partial charge in [0.05, 0.1) is 0 Å². The molecule has 0 spiro atoms. The van der Waals surface area contributed by atoms with E-state index in [1.165, 1.54) is 0 Å². The lowest BCUT2D eigenvalue weighted by Gasteiger charge is -2.08. The molecule has 1 N–H and O–H groups in total. The number of hydrogen-bond donors (Lipinski definition) is 1. The standard InChI is InChI=1S/C15H14ClNO/c1-11-4-2-3-5-14(11)17-15(18)13-8-6-12(10-16)7-9-13/h2-9H,10H2,1H3,(H,17,18). The van der Waals surface area contributed by atoms with Crippen molar-refractivity contribution in [2.75, 3.05) is 5.32 Å². The van der Waals surface area contributed by atoms with Crippen molar-refractivity contribution in [2.45, 2.75) is 12.8 Å². The second-order valence-corrected chi connectivity index (χ2v) is 4.37. The second kappa shape index (κ2) is 5.69.